The first-order valence-corrected chi connectivity index (χ1v) is 9.40. The fraction of sp³-hybridized carbons (Fsp3) is 0.600. The molecular formula is C15H21ClO3S. The highest BCUT2D eigenvalue weighted by atomic mass is 35.7. The van der Waals surface area contributed by atoms with Crippen LogP contribution in [0.3, 0.4) is 0 Å². The van der Waals surface area contributed by atoms with Gasteiger partial charge in [0.2, 0.25) is 0 Å². The van der Waals surface area contributed by atoms with E-state index in [0.29, 0.717) is 12.5 Å². The Bertz CT molecular complexity index is 560. The number of rotatable bonds is 5. The highest BCUT2D eigenvalue weighted by Crippen LogP contribution is 2.32. The number of hydrogen-bond acceptors (Lipinski definition) is 3. The van der Waals surface area contributed by atoms with Crippen molar-refractivity contribution in [3.05, 3.63) is 23.8 Å². The first-order chi connectivity index (χ1) is 9.38. The van der Waals surface area contributed by atoms with Crippen LogP contribution in [0.25, 0.3) is 0 Å². The molecule has 20 heavy (non-hydrogen) atoms. The van der Waals surface area contributed by atoms with Crippen molar-refractivity contribution >= 4 is 19.7 Å². The Kier molecular flexibility index (Phi) is 4.97. The first kappa shape index (κ1) is 15.6. The fourth-order valence-electron chi connectivity index (χ4n) is 2.65. The molecule has 0 saturated heterocycles. The number of hydrogen-bond donors (Lipinski definition) is 0. The van der Waals surface area contributed by atoms with Crippen LogP contribution in [0.15, 0.2) is 23.1 Å². The van der Waals surface area contributed by atoms with Crippen LogP contribution in [0.5, 0.6) is 5.75 Å². The minimum atomic E-state index is -3.69. The minimum absolute atomic E-state index is 0.135. The predicted molar refractivity (Wildman–Crippen MR) is 81.0 cm³/mol. The molecule has 1 aromatic rings. The zero-order valence-corrected chi connectivity index (χ0v) is 13.5. The Balaban J connectivity index is 2.19. The number of benzene rings is 1. The lowest BCUT2D eigenvalue weighted by atomic mass is 10.0. The molecule has 0 N–H and O–H groups in total. The standard InChI is InChI=1S/C15H21ClO3S/c1-11(2)14-9-13(20(16,17)18)7-8-15(14)19-10-12-5-3-4-6-12/h7-9,11-12H,3-6,10H2,1-2H3. The van der Waals surface area contributed by atoms with Crippen molar-refractivity contribution in [2.45, 2.75) is 50.3 Å². The summed E-state index contributed by atoms with van der Waals surface area (Å²) < 4.78 is 28.7. The maximum absolute atomic E-state index is 11.4. The maximum Gasteiger partial charge on any atom is 0.261 e. The van der Waals surface area contributed by atoms with Crippen molar-refractivity contribution in [1.82, 2.24) is 0 Å². The second-order valence-corrected chi connectivity index (χ2v) is 8.32. The Labute approximate surface area is 125 Å². The van der Waals surface area contributed by atoms with E-state index in [2.05, 4.69) is 0 Å². The molecule has 1 saturated carbocycles. The molecule has 0 unspecified atom stereocenters. The normalized spacial score (nSPS) is 16.8. The molecule has 0 aliphatic heterocycles. The first-order valence-electron chi connectivity index (χ1n) is 7.09. The third-order valence-electron chi connectivity index (χ3n) is 3.83. The van der Waals surface area contributed by atoms with Crippen molar-refractivity contribution in [2.24, 2.45) is 5.92 Å². The predicted octanol–water partition coefficient (Wildman–Crippen LogP) is 4.31. The highest BCUT2D eigenvalue weighted by Gasteiger charge is 2.19. The summed E-state index contributed by atoms with van der Waals surface area (Å²) in [5.41, 5.74) is 0.893. The molecule has 1 aliphatic rings. The van der Waals surface area contributed by atoms with E-state index in [9.17, 15) is 8.42 Å². The van der Waals surface area contributed by atoms with Crippen LogP contribution in [0.4, 0.5) is 0 Å². The van der Waals surface area contributed by atoms with E-state index in [0.717, 1.165) is 11.3 Å². The van der Waals surface area contributed by atoms with Gasteiger partial charge in [-0.1, -0.05) is 26.7 Å². The van der Waals surface area contributed by atoms with E-state index >= 15 is 0 Å². The summed E-state index contributed by atoms with van der Waals surface area (Å²) >= 11 is 0. The molecule has 0 heterocycles. The average Bonchev–Trinajstić information content (AvgIpc) is 2.88. The quantitative estimate of drug-likeness (QED) is 0.760. The molecule has 0 spiro atoms. The van der Waals surface area contributed by atoms with Gasteiger partial charge in [-0.15, -0.1) is 0 Å². The lowest BCUT2D eigenvalue weighted by Crippen LogP contribution is -2.10. The third-order valence-corrected chi connectivity index (χ3v) is 5.19. The Morgan fingerprint density at radius 1 is 1.30 bits per heavy atom. The molecule has 0 bridgehead atoms. The molecule has 1 fully saturated rings. The van der Waals surface area contributed by atoms with Crippen LogP contribution in [0, 0.1) is 5.92 Å². The van der Waals surface area contributed by atoms with Crippen LogP contribution >= 0.6 is 10.7 Å². The van der Waals surface area contributed by atoms with Gasteiger partial charge in [-0.2, -0.15) is 0 Å². The third kappa shape index (κ3) is 3.89. The monoisotopic (exact) mass is 316 g/mol. The van der Waals surface area contributed by atoms with Gasteiger partial charge in [0.25, 0.3) is 9.05 Å². The van der Waals surface area contributed by atoms with Gasteiger partial charge in [-0.3, -0.25) is 0 Å². The summed E-state index contributed by atoms with van der Waals surface area (Å²) in [7, 11) is 1.71. The molecule has 2 rings (SSSR count). The zero-order valence-electron chi connectivity index (χ0n) is 11.9. The van der Waals surface area contributed by atoms with Crippen LogP contribution in [-0.4, -0.2) is 15.0 Å². The van der Waals surface area contributed by atoms with Gasteiger partial charge in [0.15, 0.2) is 0 Å². The van der Waals surface area contributed by atoms with Crippen LogP contribution in [-0.2, 0) is 9.05 Å². The lowest BCUT2D eigenvalue weighted by Gasteiger charge is -2.17. The lowest BCUT2D eigenvalue weighted by molar-refractivity contribution is 0.249. The van der Waals surface area contributed by atoms with Crippen molar-refractivity contribution in [1.29, 1.82) is 0 Å². The maximum atomic E-state index is 11.4. The zero-order chi connectivity index (χ0) is 14.8. The molecule has 0 amide bonds. The van der Waals surface area contributed by atoms with E-state index in [1.807, 2.05) is 13.8 Å². The SMILES string of the molecule is CC(C)c1cc(S(=O)(=O)Cl)ccc1OCC1CCCC1. The highest BCUT2D eigenvalue weighted by molar-refractivity contribution is 8.13. The van der Waals surface area contributed by atoms with Crippen molar-refractivity contribution in [3.63, 3.8) is 0 Å². The van der Waals surface area contributed by atoms with Gasteiger partial charge < -0.3 is 4.74 Å². The molecule has 112 valence electrons. The molecule has 3 nitrogen and oxygen atoms in total. The van der Waals surface area contributed by atoms with Gasteiger partial charge in [0, 0.05) is 10.7 Å². The molecule has 1 aliphatic carbocycles. The summed E-state index contributed by atoms with van der Waals surface area (Å²) in [4.78, 5) is 0.135. The van der Waals surface area contributed by atoms with Gasteiger partial charge >= 0.3 is 0 Å². The Morgan fingerprint density at radius 2 is 1.95 bits per heavy atom. The Morgan fingerprint density at radius 3 is 2.50 bits per heavy atom. The van der Waals surface area contributed by atoms with Gasteiger partial charge in [0.05, 0.1) is 11.5 Å². The van der Waals surface area contributed by atoms with Crippen LogP contribution in [0.2, 0.25) is 0 Å². The van der Waals surface area contributed by atoms with Gasteiger partial charge in [0.1, 0.15) is 5.75 Å². The van der Waals surface area contributed by atoms with E-state index in [1.54, 1.807) is 12.1 Å². The Hall–Kier alpha value is -0.740. The number of halogens is 1. The number of ether oxygens (including phenoxy) is 1. The molecule has 0 aromatic heterocycles. The van der Waals surface area contributed by atoms with Gasteiger partial charge in [-0.05, 0) is 48.4 Å². The van der Waals surface area contributed by atoms with Crippen molar-refractivity contribution in [3.8, 4) is 5.75 Å². The van der Waals surface area contributed by atoms with E-state index < -0.39 is 9.05 Å². The fourth-order valence-corrected chi connectivity index (χ4v) is 3.43. The summed E-state index contributed by atoms with van der Waals surface area (Å²) in [6.07, 6.45) is 5.03. The average molecular weight is 317 g/mol. The van der Waals surface area contributed by atoms with Crippen molar-refractivity contribution < 1.29 is 13.2 Å². The largest absolute Gasteiger partial charge is 0.493 e. The van der Waals surface area contributed by atoms with Crippen LogP contribution in [0.1, 0.15) is 51.0 Å². The minimum Gasteiger partial charge on any atom is -0.493 e. The van der Waals surface area contributed by atoms with Crippen LogP contribution < -0.4 is 4.74 Å². The molecular weight excluding hydrogens is 296 g/mol. The van der Waals surface area contributed by atoms with Crippen molar-refractivity contribution in [2.75, 3.05) is 6.61 Å². The molecule has 5 heteroatoms. The molecule has 1 aromatic carbocycles. The smallest absolute Gasteiger partial charge is 0.261 e. The summed E-state index contributed by atoms with van der Waals surface area (Å²) in [5, 5.41) is 0. The second kappa shape index (κ2) is 6.35. The topological polar surface area (TPSA) is 43.4 Å². The summed E-state index contributed by atoms with van der Waals surface area (Å²) in [5.74, 6) is 1.59. The molecule has 0 atom stereocenters. The molecule has 0 radical (unpaired) electrons. The van der Waals surface area contributed by atoms with E-state index in [-0.39, 0.29) is 10.8 Å². The van der Waals surface area contributed by atoms with E-state index in [1.165, 1.54) is 31.7 Å². The summed E-state index contributed by atoms with van der Waals surface area (Å²) in [6, 6.07) is 4.86. The second-order valence-electron chi connectivity index (χ2n) is 5.75. The van der Waals surface area contributed by atoms with E-state index in [4.69, 9.17) is 15.4 Å². The van der Waals surface area contributed by atoms with Gasteiger partial charge in [-0.25, -0.2) is 8.42 Å². The summed E-state index contributed by atoms with van der Waals surface area (Å²) in [6.45, 7) is 4.75.